The van der Waals surface area contributed by atoms with E-state index in [4.69, 9.17) is 9.47 Å². The maximum absolute atomic E-state index is 10.6. The molecular formula is C10H18O3. The summed E-state index contributed by atoms with van der Waals surface area (Å²) in [6, 6.07) is 0. The monoisotopic (exact) mass is 186 g/mol. The zero-order valence-corrected chi connectivity index (χ0v) is 8.58. The average molecular weight is 186 g/mol. The van der Waals surface area contributed by atoms with Crippen LogP contribution in [0.3, 0.4) is 0 Å². The molecule has 0 aliphatic carbocycles. The van der Waals surface area contributed by atoms with Gasteiger partial charge in [-0.05, 0) is 25.7 Å². The van der Waals surface area contributed by atoms with Gasteiger partial charge in [-0.15, -0.1) is 0 Å². The number of hydrogen-bond donors (Lipinski definition) is 0. The molecule has 1 rings (SSSR count). The number of hydrogen-bond acceptors (Lipinski definition) is 3. The first kappa shape index (κ1) is 10.5. The van der Waals surface area contributed by atoms with Gasteiger partial charge in [0.25, 0.3) is 0 Å². The summed E-state index contributed by atoms with van der Waals surface area (Å²) in [4.78, 5) is 10.6. The first-order chi connectivity index (χ1) is 6.09. The van der Waals surface area contributed by atoms with Crippen LogP contribution in [-0.4, -0.2) is 24.8 Å². The molecule has 76 valence electrons. The van der Waals surface area contributed by atoms with Crippen LogP contribution in [0.5, 0.6) is 0 Å². The Labute approximate surface area is 79.4 Å². The Kier molecular flexibility index (Phi) is 3.72. The van der Waals surface area contributed by atoms with E-state index in [0.717, 1.165) is 12.8 Å². The van der Waals surface area contributed by atoms with Crippen molar-refractivity contribution in [3.63, 3.8) is 0 Å². The van der Waals surface area contributed by atoms with Gasteiger partial charge < -0.3 is 9.47 Å². The van der Waals surface area contributed by atoms with Crippen LogP contribution >= 0.6 is 0 Å². The van der Waals surface area contributed by atoms with Crippen LogP contribution in [0, 0.1) is 5.92 Å². The minimum atomic E-state index is -0.227. The van der Waals surface area contributed by atoms with Crippen molar-refractivity contribution in [3.05, 3.63) is 0 Å². The van der Waals surface area contributed by atoms with E-state index < -0.39 is 0 Å². The fraction of sp³-hybridized carbons (Fsp3) is 0.900. The molecule has 0 aromatic rings. The van der Waals surface area contributed by atoms with Gasteiger partial charge in [0.2, 0.25) is 0 Å². The quantitative estimate of drug-likeness (QED) is 0.616. The van der Waals surface area contributed by atoms with E-state index >= 15 is 0 Å². The van der Waals surface area contributed by atoms with E-state index in [0.29, 0.717) is 12.5 Å². The van der Waals surface area contributed by atoms with Crippen molar-refractivity contribution in [1.29, 1.82) is 0 Å². The molecule has 0 bridgehead atoms. The van der Waals surface area contributed by atoms with Crippen LogP contribution in [-0.2, 0) is 14.3 Å². The lowest BCUT2D eigenvalue weighted by Crippen LogP contribution is -2.34. The van der Waals surface area contributed by atoms with Gasteiger partial charge in [0, 0.05) is 6.92 Å². The molecule has 1 fully saturated rings. The summed E-state index contributed by atoms with van der Waals surface area (Å²) < 4.78 is 10.6. The molecule has 1 saturated heterocycles. The normalized spacial score (nSPS) is 34.2. The molecule has 1 aliphatic heterocycles. The van der Waals surface area contributed by atoms with Crippen LogP contribution in [0.4, 0.5) is 0 Å². The third-order valence-electron chi connectivity index (χ3n) is 2.62. The lowest BCUT2D eigenvalue weighted by Gasteiger charge is -2.32. The molecule has 0 saturated carbocycles. The van der Waals surface area contributed by atoms with Crippen molar-refractivity contribution < 1.29 is 14.3 Å². The number of esters is 1. The van der Waals surface area contributed by atoms with Crippen LogP contribution in [0.15, 0.2) is 0 Å². The van der Waals surface area contributed by atoms with Crippen molar-refractivity contribution in [2.45, 2.75) is 45.8 Å². The lowest BCUT2D eigenvalue weighted by molar-refractivity contribution is -0.151. The smallest absolute Gasteiger partial charge is 0.302 e. The predicted octanol–water partition coefficient (Wildman–Crippen LogP) is 1.75. The Balaban J connectivity index is 2.25. The Bertz CT molecular complexity index is 179. The number of rotatable bonds is 2. The first-order valence-electron chi connectivity index (χ1n) is 4.88. The molecule has 1 heterocycles. The second-order valence-corrected chi connectivity index (χ2v) is 3.82. The van der Waals surface area contributed by atoms with Crippen molar-refractivity contribution in [3.8, 4) is 0 Å². The van der Waals surface area contributed by atoms with E-state index in [9.17, 15) is 4.79 Å². The standard InChI is InChI=1S/C10H18O3/c1-7-4-5-10(13-8(7)2)6-12-9(3)11/h7-8,10H,4-6H2,1-3H3. The van der Waals surface area contributed by atoms with Crippen LogP contribution in [0.2, 0.25) is 0 Å². The maximum Gasteiger partial charge on any atom is 0.302 e. The van der Waals surface area contributed by atoms with Gasteiger partial charge in [0.05, 0.1) is 12.2 Å². The van der Waals surface area contributed by atoms with Gasteiger partial charge in [0.1, 0.15) is 6.61 Å². The van der Waals surface area contributed by atoms with Crippen molar-refractivity contribution in [2.24, 2.45) is 5.92 Å². The maximum atomic E-state index is 10.6. The number of carbonyl (C=O) groups excluding carboxylic acids is 1. The average Bonchev–Trinajstić information content (AvgIpc) is 2.07. The summed E-state index contributed by atoms with van der Waals surface area (Å²) in [6.45, 7) is 6.10. The highest BCUT2D eigenvalue weighted by Gasteiger charge is 2.25. The molecule has 13 heavy (non-hydrogen) atoms. The summed E-state index contributed by atoms with van der Waals surface area (Å²) in [6.07, 6.45) is 2.55. The second-order valence-electron chi connectivity index (χ2n) is 3.82. The number of ether oxygens (including phenoxy) is 2. The molecule has 1 aliphatic rings. The third-order valence-corrected chi connectivity index (χ3v) is 2.62. The van der Waals surface area contributed by atoms with Crippen molar-refractivity contribution >= 4 is 5.97 Å². The first-order valence-corrected chi connectivity index (χ1v) is 4.88. The van der Waals surface area contributed by atoms with Gasteiger partial charge in [-0.25, -0.2) is 0 Å². The molecule has 0 aromatic carbocycles. The fourth-order valence-electron chi connectivity index (χ4n) is 1.52. The Morgan fingerprint density at radius 1 is 1.46 bits per heavy atom. The summed E-state index contributed by atoms with van der Waals surface area (Å²) in [7, 11) is 0. The highest BCUT2D eigenvalue weighted by atomic mass is 16.6. The summed E-state index contributed by atoms with van der Waals surface area (Å²) in [5.74, 6) is 0.392. The van der Waals surface area contributed by atoms with Gasteiger partial charge >= 0.3 is 5.97 Å². The molecule has 3 nitrogen and oxygen atoms in total. The molecule has 0 aromatic heterocycles. The second kappa shape index (κ2) is 4.61. The predicted molar refractivity (Wildman–Crippen MR) is 49.4 cm³/mol. The SMILES string of the molecule is CC(=O)OCC1CCC(C)C(C)O1. The molecule has 3 atom stereocenters. The molecule has 0 spiro atoms. The Hall–Kier alpha value is -0.570. The van der Waals surface area contributed by atoms with Gasteiger partial charge in [-0.3, -0.25) is 4.79 Å². The van der Waals surface area contributed by atoms with E-state index in [1.165, 1.54) is 6.92 Å². The zero-order chi connectivity index (χ0) is 9.84. The number of carbonyl (C=O) groups is 1. The third kappa shape index (κ3) is 3.35. The Morgan fingerprint density at radius 3 is 2.69 bits per heavy atom. The molecule has 3 unspecified atom stereocenters. The van der Waals surface area contributed by atoms with Gasteiger partial charge in [0.15, 0.2) is 0 Å². The topological polar surface area (TPSA) is 35.5 Å². The van der Waals surface area contributed by atoms with Gasteiger partial charge in [-0.1, -0.05) is 6.92 Å². The molecule has 0 radical (unpaired) electrons. The van der Waals surface area contributed by atoms with Crippen LogP contribution in [0.1, 0.15) is 33.6 Å². The van der Waals surface area contributed by atoms with Gasteiger partial charge in [-0.2, -0.15) is 0 Å². The molecule has 0 amide bonds. The zero-order valence-electron chi connectivity index (χ0n) is 8.58. The molecule has 3 heteroatoms. The Morgan fingerprint density at radius 2 is 2.15 bits per heavy atom. The lowest BCUT2D eigenvalue weighted by atomic mass is 9.94. The summed E-state index contributed by atoms with van der Waals surface area (Å²) in [5.41, 5.74) is 0. The van der Waals surface area contributed by atoms with Crippen molar-refractivity contribution in [2.75, 3.05) is 6.61 Å². The fourth-order valence-corrected chi connectivity index (χ4v) is 1.52. The summed E-state index contributed by atoms with van der Waals surface area (Å²) in [5, 5.41) is 0. The highest BCUT2D eigenvalue weighted by Crippen LogP contribution is 2.24. The minimum Gasteiger partial charge on any atom is -0.463 e. The van der Waals surface area contributed by atoms with E-state index in [1.807, 2.05) is 0 Å². The van der Waals surface area contributed by atoms with E-state index in [-0.39, 0.29) is 18.2 Å². The largest absolute Gasteiger partial charge is 0.463 e. The van der Waals surface area contributed by atoms with Crippen LogP contribution < -0.4 is 0 Å². The minimum absolute atomic E-state index is 0.107. The molecular weight excluding hydrogens is 168 g/mol. The highest BCUT2D eigenvalue weighted by molar-refractivity contribution is 5.65. The van der Waals surface area contributed by atoms with E-state index in [2.05, 4.69) is 13.8 Å². The molecule has 0 N–H and O–H groups in total. The van der Waals surface area contributed by atoms with Crippen molar-refractivity contribution in [1.82, 2.24) is 0 Å². The van der Waals surface area contributed by atoms with Crippen LogP contribution in [0.25, 0.3) is 0 Å². The summed E-state index contributed by atoms with van der Waals surface area (Å²) >= 11 is 0. The van der Waals surface area contributed by atoms with E-state index in [1.54, 1.807) is 0 Å².